The molecule has 10 heteroatoms. The summed E-state index contributed by atoms with van der Waals surface area (Å²) in [6.45, 7) is 10.1. The third kappa shape index (κ3) is 7.80. The Balaban J connectivity index is 0.00000341. The molecule has 0 radical (unpaired) electrons. The lowest BCUT2D eigenvalue weighted by atomic mass is 9.95. The first kappa shape index (κ1) is 25.7. The Morgan fingerprint density at radius 3 is 2.61 bits per heavy atom. The standard InChI is InChI=1S/C21H37N7O2.HI/c1-21(2,3)30-20(29)28-11-5-6-16(14-28)7-10-23-19(22-4)27-12-8-17(9-13-27)18-24-15-25-26-18;/h15-17H,5-14H2,1-4H3,(H,22,23)(H,24,25,26);1H. The first-order valence-corrected chi connectivity index (χ1v) is 11.1. The summed E-state index contributed by atoms with van der Waals surface area (Å²) in [5.41, 5.74) is -0.445. The van der Waals surface area contributed by atoms with E-state index in [0.717, 1.165) is 76.6 Å². The van der Waals surface area contributed by atoms with Gasteiger partial charge < -0.3 is 19.9 Å². The number of nitrogens with one attached hydrogen (secondary N) is 2. The Bertz CT molecular complexity index is 697. The van der Waals surface area contributed by atoms with Crippen molar-refractivity contribution in [2.75, 3.05) is 39.8 Å². The Morgan fingerprint density at radius 1 is 1.26 bits per heavy atom. The fraction of sp³-hybridized carbons (Fsp3) is 0.810. The number of hydrogen-bond donors (Lipinski definition) is 2. The van der Waals surface area contributed by atoms with E-state index in [4.69, 9.17) is 4.74 Å². The first-order valence-electron chi connectivity index (χ1n) is 11.1. The van der Waals surface area contributed by atoms with Crippen molar-refractivity contribution in [1.82, 2.24) is 30.3 Å². The molecule has 2 aliphatic heterocycles. The van der Waals surface area contributed by atoms with Crippen molar-refractivity contribution < 1.29 is 9.53 Å². The molecule has 2 fully saturated rings. The monoisotopic (exact) mass is 547 g/mol. The summed E-state index contributed by atoms with van der Waals surface area (Å²) in [6.07, 6.45) is 6.69. The third-order valence-electron chi connectivity index (χ3n) is 5.83. The maximum absolute atomic E-state index is 12.4. The van der Waals surface area contributed by atoms with Crippen LogP contribution in [0.4, 0.5) is 4.79 Å². The fourth-order valence-electron chi connectivity index (χ4n) is 4.29. The minimum Gasteiger partial charge on any atom is -0.444 e. The molecule has 2 aliphatic rings. The predicted molar refractivity (Wildman–Crippen MR) is 132 cm³/mol. The Kier molecular flexibility index (Phi) is 9.83. The number of aliphatic imine (C=N–C) groups is 1. The molecule has 3 rings (SSSR count). The Hall–Kier alpha value is -1.59. The molecule has 0 saturated carbocycles. The van der Waals surface area contributed by atoms with Crippen LogP contribution in [0, 0.1) is 5.92 Å². The zero-order chi connectivity index (χ0) is 21.6. The average molecular weight is 547 g/mol. The van der Waals surface area contributed by atoms with E-state index < -0.39 is 5.60 Å². The van der Waals surface area contributed by atoms with Crippen molar-refractivity contribution in [2.24, 2.45) is 10.9 Å². The summed E-state index contributed by atoms with van der Waals surface area (Å²) >= 11 is 0. The number of rotatable bonds is 4. The first-order chi connectivity index (χ1) is 14.4. The summed E-state index contributed by atoms with van der Waals surface area (Å²) in [7, 11) is 1.84. The second kappa shape index (κ2) is 11.9. The maximum Gasteiger partial charge on any atom is 0.410 e. The van der Waals surface area contributed by atoms with E-state index in [0.29, 0.717) is 11.8 Å². The second-order valence-electron chi connectivity index (χ2n) is 9.33. The minimum absolute atomic E-state index is 0. The number of ether oxygens (including phenoxy) is 1. The van der Waals surface area contributed by atoms with E-state index in [2.05, 4.69) is 30.4 Å². The predicted octanol–water partition coefficient (Wildman–Crippen LogP) is 3.21. The number of guanidine groups is 1. The number of H-pyrrole nitrogens is 1. The Labute approximate surface area is 202 Å². The number of aromatic nitrogens is 3. The van der Waals surface area contributed by atoms with Gasteiger partial charge in [0.25, 0.3) is 0 Å². The van der Waals surface area contributed by atoms with Crippen LogP contribution in [0.3, 0.4) is 0 Å². The SMILES string of the molecule is CN=C(NCCC1CCCN(C(=O)OC(C)(C)C)C1)N1CCC(c2ncn[nH]2)CC1.I. The van der Waals surface area contributed by atoms with Crippen LogP contribution < -0.4 is 5.32 Å². The molecular formula is C21H38IN7O2. The van der Waals surface area contributed by atoms with Crippen molar-refractivity contribution in [2.45, 2.75) is 64.4 Å². The van der Waals surface area contributed by atoms with Crippen LogP contribution in [0.15, 0.2) is 11.3 Å². The molecule has 0 aliphatic carbocycles. The normalized spacial score (nSPS) is 20.9. The lowest BCUT2D eigenvalue weighted by Gasteiger charge is -2.35. The van der Waals surface area contributed by atoms with Gasteiger partial charge in [-0.1, -0.05) is 0 Å². The van der Waals surface area contributed by atoms with E-state index in [-0.39, 0.29) is 30.1 Å². The number of likely N-dealkylation sites (tertiary alicyclic amines) is 2. The molecular weight excluding hydrogens is 509 g/mol. The molecule has 2 saturated heterocycles. The molecule has 0 spiro atoms. The molecule has 1 unspecified atom stereocenters. The Morgan fingerprint density at radius 2 is 2.00 bits per heavy atom. The lowest BCUT2D eigenvalue weighted by molar-refractivity contribution is 0.0162. The number of hydrogen-bond acceptors (Lipinski definition) is 5. The number of carbonyl (C=O) groups excluding carboxylic acids is 1. The quantitative estimate of drug-likeness (QED) is 0.341. The van der Waals surface area contributed by atoms with Crippen LogP contribution >= 0.6 is 24.0 Å². The summed E-state index contributed by atoms with van der Waals surface area (Å²) in [4.78, 5) is 25.3. The zero-order valence-corrected chi connectivity index (χ0v) is 21.6. The second-order valence-corrected chi connectivity index (χ2v) is 9.33. The van der Waals surface area contributed by atoms with Gasteiger partial charge in [0.1, 0.15) is 17.8 Å². The summed E-state index contributed by atoms with van der Waals surface area (Å²) in [6, 6.07) is 0. The zero-order valence-electron chi connectivity index (χ0n) is 19.3. The highest BCUT2D eigenvalue weighted by Gasteiger charge is 2.28. The van der Waals surface area contributed by atoms with Crippen molar-refractivity contribution in [3.63, 3.8) is 0 Å². The van der Waals surface area contributed by atoms with Gasteiger partial charge in [0.2, 0.25) is 0 Å². The fourth-order valence-corrected chi connectivity index (χ4v) is 4.29. The van der Waals surface area contributed by atoms with Gasteiger partial charge in [-0.05, 0) is 58.8 Å². The van der Waals surface area contributed by atoms with Crippen LogP contribution in [0.2, 0.25) is 0 Å². The molecule has 31 heavy (non-hydrogen) atoms. The molecule has 1 aromatic rings. The topological polar surface area (TPSA) is 98.7 Å². The molecule has 1 atom stereocenters. The average Bonchev–Trinajstić information content (AvgIpc) is 3.25. The molecule has 0 aromatic carbocycles. The van der Waals surface area contributed by atoms with E-state index in [1.54, 1.807) is 6.33 Å². The van der Waals surface area contributed by atoms with Gasteiger partial charge in [-0.25, -0.2) is 9.78 Å². The highest BCUT2D eigenvalue weighted by Crippen LogP contribution is 2.25. The van der Waals surface area contributed by atoms with E-state index in [9.17, 15) is 4.79 Å². The number of carbonyl (C=O) groups is 1. The van der Waals surface area contributed by atoms with Gasteiger partial charge in [-0.3, -0.25) is 10.1 Å². The molecule has 1 amide bonds. The van der Waals surface area contributed by atoms with Crippen LogP contribution in [0.25, 0.3) is 0 Å². The minimum atomic E-state index is -0.445. The third-order valence-corrected chi connectivity index (χ3v) is 5.83. The van der Waals surface area contributed by atoms with E-state index in [1.807, 2.05) is 32.7 Å². The van der Waals surface area contributed by atoms with Crippen molar-refractivity contribution in [1.29, 1.82) is 0 Å². The van der Waals surface area contributed by atoms with Crippen LogP contribution in [0.1, 0.15) is 64.6 Å². The number of aromatic amines is 1. The molecule has 2 N–H and O–H groups in total. The van der Waals surface area contributed by atoms with Crippen molar-refractivity contribution in [3.05, 3.63) is 12.2 Å². The van der Waals surface area contributed by atoms with Gasteiger partial charge >= 0.3 is 6.09 Å². The lowest BCUT2D eigenvalue weighted by Crippen LogP contribution is -2.46. The van der Waals surface area contributed by atoms with Crippen molar-refractivity contribution >= 4 is 36.0 Å². The number of piperidine rings is 2. The van der Waals surface area contributed by atoms with Crippen molar-refractivity contribution in [3.8, 4) is 0 Å². The molecule has 9 nitrogen and oxygen atoms in total. The van der Waals surface area contributed by atoms with Gasteiger partial charge in [0.15, 0.2) is 5.96 Å². The number of amides is 1. The van der Waals surface area contributed by atoms with Gasteiger partial charge in [0, 0.05) is 45.7 Å². The summed E-state index contributed by atoms with van der Waals surface area (Å²) < 4.78 is 5.54. The molecule has 0 bridgehead atoms. The van der Waals surface area contributed by atoms with Gasteiger partial charge in [-0.15, -0.1) is 24.0 Å². The maximum atomic E-state index is 12.4. The van der Waals surface area contributed by atoms with E-state index >= 15 is 0 Å². The number of nitrogens with zero attached hydrogens (tertiary/aromatic N) is 5. The number of halogens is 1. The van der Waals surface area contributed by atoms with Crippen LogP contribution in [-0.4, -0.2) is 82.4 Å². The van der Waals surface area contributed by atoms with Crippen LogP contribution in [0.5, 0.6) is 0 Å². The van der Waals surface area contributed by atoms with Gasteiger partial charge in [-0.2, -0.15) is 5.10 Å². The summed E-state index contributed by atoms with van der Waals surface area (Å²) in [5.74, 6) is 2.90. The highest BCUT2D eigenvalue weighted by molar-refractivity contribution is 14.0. The highest BCUT2D eigenvalue weighted by atomic mass is 127. The molecule has 1 aromatic heterocycles. The van der Waals surface area contributed by atoms with Gasteiger partial charge in [0.05, 0.1) is 0 Å². The summed E-state index contributed by atoms with van der Waals surface area (Å²) in [5, 5.41) is 10.5. The van der Waals surface area contributed by atoms with E-state index in [1.165, 1.54) is 0 Å². The molecule has 176 valence electrons. The largest absolute Gasteiger partial charge is 0.444 e. The smallest absolute Gasteiger partial charge is 0.410 e. The molecule has 3 heterocycles. The van der Waals surface area contributed by atoms with Crippen LogP contribution in [-0.2, 0) is 4.74 Å².